The van der Waals surface area contributed by atoms with Gasteiger partial charge >= 0.3 is 0 Å². The van der Waals surface area contributed by atoms with Gasteiger partial charge in [-0.1, -0.05) is 32.9 Å². The highest BCUT2D eigenvalue weighted by molar-refractivity contribution is 7.14. The van der Waals surface area contributed by atoms with Crippen LogP contribution in [0.25, 0.3) is 0 Å². The molecule has 0 aliphatic rings. The van der Waals surface area contributed by atoms with Crippen LogP contribution in [0.4, 0.5) is 0 Å². The van der Waals surface area contributed by atoms with E-state index in [1.807, 2.05) is 30.3 Å². The summed E-state index contributed by atoms with van der Waals surface area (Å²) in [6, 6.07) is 14.6. The minimum atomic E-state index is -0.143. The van der Waals surface area contributed by atoms with Crippen molar-refractivity contribution < 1.29 is 14.0 Å². The van der Waals surface area contributed by atoms with E-state index in [1.54, 1.807) is 18.2 Å². The van der Waals surface area contributed by atoms with Crippen molar-refractivity contribution in [1.82, 2.24) is 5.32 Å². The fraction of sp³-hybridized carbons (Fsp3) is 0.238. The maximum atomic E-state index is 12.3. The standard InChI is InChI=1S/C21H21NO3S/c1-21(2,3)15-8-6-14(7-9-15)20(24)22-13-16-10-11-18(26-16)19(23)17-5-4-12-25-17/h4-12H,13H2,1-3H3,(H,22,24). The molecule has 2 heterocycles. The second kappa shape index (κ2) is 7.30. The van der Waals surface area contributed by atoms with E-state index in [4.69, 9.17) is 4.42 Å². The topological polar surface area (TPSA) is 59.3 Å². The minimum Gasteiger partial charge on any atom is -0.461 e. The van der Waals surface area contributed by atoms with Crippen LogP contribution in [0, 0.1) is 0 Å². The highest BCUT2D eigenvalue weighted by Crippen LogP contribution is 2.23. The van der Waals surface area contributed by atoms with E-state index in [0.29, 0.717) is 22.7 Å². The predicted octanol–water partition coefficient (Wildman–Crippen LogP) is 4.80. The lowest BCUT2D eigenvalue weighted by Gasteiger charge is -2.19. The van der Waals surface area contributed by atoms with Crippen molar-refractivity contribution in [3.63, 3.8) is 0 Å². The SMILES string of the molecule is CC(C)(C)c1ccc(C(=O)NCc2ccc(C(=O)c3ccco3)s2)cc1. The average molecular weight is 367 g/mol. The molecule has 0 saturated carbocycles. The lowest BCUT2D eigenvalue weighted by Crippen LogP contribution is -2.22. The van der Waals surface area contributed by atoms with Crippen LogP contribution in [0.5, 0.6) is 0 Å². The quantitative estimate of drug-likeness (QED) is 0.659. The summed E-state index contributed by atoms with van der Waals surface area (Å²) in [5, 5.41) is 2.90. The zero-order valence-corrected chi connectivity index (χ0v) is 15.9. The second-order valence-electron chi connectivity index (χ2n) is 7.08. The van der Waals surface area contributed by atoms with Gasteiger partial charge in [-0.2, -0.15) is 0 Å². The van der Waals surface area contributed by atoms with Gasteiger partial charge < -0.3 is 9.73 Å². The summed E-state index contributed by atoms with van der Waals surface area (Å²) in [4.78, 5) is 26.1. The molecule has 26 heavy (non-hydrogen) atoms. The molecule has 0 saturated heterocycles. The fourth-order valence-electron chi connectivity index (χ4n) is 2.52. The number of benzene rings is 1. The molecule has 4 nitrogen and oxygen atoms in total. The van der Waals surface area contributed by atoms with Gasteiger partial charge in [-0.3, -0.25) is 9.59 Å². The Bertz CT molecular complexity index is 900. The van der Waals surface area contributed by atoms with Gasteiger partial charge in [0.05, 0.1) is 17.7 Å². The van der Waals surface area contributed by atoms with E-state index in [1.165, 1.54) is 23.2 Å². The number of hydrogen-bond donors (Lipinski definition) is 1. The Morgan fingerprint density at radius 2 is 1.77 bits per heavy atom. The third-order valence-electron chi connectivity index (χ3n) is 4.07. The molecule has 0 aliphatic carbocycles. The monoisotopic (exact) mass is 367 g/mol. The van der Waals surface area contributed by atoms with Crippen molar-refractivity contribution in [2.24, 2.45) is 0 Å². The van der Waals surface area contributed by atoms with E-state index in [-0.39, 0.29) is 17.1 Å². The van der Waals surface area contributed by atoms with Gasteiger partial charge in [-0.25, -0.2) is 0 Å². The molecule has 3 aromatic rings. The molecule has 0 bridgehead atoms. The van der Waals surface area contributed by atoms with E-state index in [2.05, 4.69) is 26.1 Å². The van der Waals surface area contributed by atoms with Crippen molar-refractivity contribution >= 4 is 23.0 Å². The summed E-state index contributed by atoms with van der Waals surface area (Å²) in [5.41, 5.74) is 1.87. The first kappa shape index (κ1) is 18.1. The maximum absolute atomic E-state index is 12.3. The molecule has 0 atom stereocenters. The number of hydrogen-bond acceptors (Lipinski definition) is 4. The Morgan fingerprint density at radius 3 is 2.38 bits per heavy atom. The number of furan rings is 1. The van der Waals surface area contributed by atoms with Gasteiger partial charge in [0.15, 0.2) is 5.76 Å². The Morgan fingerprint density at radius 1 is 1.04 bits per heavy atom. The summed E-state index contributed by atoms with van der Waals surface area (Å²) >= 11 is 1.36. The van der Waals surface area contributed by atoms with Gasteiger partial charge in [0.2, 0.25) is 5.78 Å². The third-order valence-corrected chi connectivity index (χ3v) is 5.15. The van der Waals surface area contributed by atoms with E-state index in [9.17, 15) is 9.59 Å². The van der Waals surface area contributed by atoms with E-state index < -0.39 is 0 Å². The van der Waals surface area contributed by atoms with Gasteiger partial charge in [-0.05, 0) is 47.4 Å². The molecule has 1 N–H and O–H groups in total. The van der Waals surface area contributed by atoms with Crippen molar-refractivity contribution in [2.45, 2.75) is 32.7 Å². The number of thiophene rings is 1. The largest absolute Gasteiger partial charge is 0.461 e. The van der Waals surface area contributed by atoms with Crippen LogP contribution >= 0.6 is 11.3 Å². The van der Waals surface area contributed by atoms with Gasteiger partial charge in [-0.15, -0.1) is 11.3 Å². The first-order valence-corrected chi connectivity index (χ1v) is 9.22. The Labute approximate surface area is 156 Å². The van der Waals surface area contributed by atoms with Crippen LogP contribution in [0.1, 0.15) is 57.0 Å². The smallest absolute Gasteiger partial charge is 0.251 e. The van der Waals surface area contributed by atoms with Gasteiger partial charge in [0, 0.05) is 10.4 Å². The summed E-state index contributed by atoms with van der Waals surface area (Å²) in [6.45, 7) is 6.80. The molecule has 0 aliphatic heterocycles. The summed E-state index contributed by atoms with van der Waals surface area (Å²) in [5.74, 6) is 0.0505. The van der Waals surface area contributed by atoms with Crippen LogP contribution in [-0.4, -0.2) is 11.7 Å². The molecule has 0 radical (unpaired) electrons. The Balaban J connectivity index is 1.61. The first-order valence-electron chi connectivity index (χ1n) is 8.40. The molecule has 2 aromatic heterocycles. The average Bonchev–Trinajstić information content (AvgIpc) is 3.30. The molecule has 5 heteroatoms. The first-order chi connectivity index (χ1) is 12.3. The lowest BCUT2D eigenvalue weighted by molar-refractivity contribution is 0.0950. The molecule has 0 fully saturated rings. The lowest BCUT2D eigenvalue weighted by atomic mass is 9.87. The molecule has 134 valence electrons. The van der Waals surface area contributed by atoms with E-state index >= 15 is 0 Å². The van der Waals surface area contributed by atoms with Crippen molar-refractivity contribution in [2.75, 3.05) is 0 Å². The number of ketones is 1. The van der Waals surface area contributed by atoms with Crippen LogP contribution in [-0.2, 0) is 12.0 Å². The molecule has 0 unspecified atom stereocenters. The summed E-state index contributed by atoms with van der Waals surface area (Å²) in [6.07, 6.45) is 1.48. The predicted molar refractivity (Wildman–Crippen MR) is 103 cm³/mol. The van der Waals surface area contributed by atoms with Crippen LogP contribution < -0.4 is 5.32 Å². The highest BCUT2D eigenvalue weighted by Gasteiger charge is 2.16. The van der Waals surface area contributed by atoms with Gasteiger partial charge in [0.1, 0.15) is 0 Å². The Kier molecular flexibility index (Phi) is 5.09. The normalized spacial score (nSPS) is 11.3. The molecular weight excluding hydrogens is 346 g/mol. The molecule has 1 aromatic carbocycles. The number of rotatable bonds is 5. The number of nitrogens with one attached hydrogen (secondary N) is 1. The van der Waals surface area contributed by atoms with Crippen LogP contribution in [0.3, 0.4) is 0 Å². The number of carbonyl (C=O) groups is 2. The third kappa shape index (κ3) is 4.11. The molecule has 3 rings (SSSR count). The van der Waals surface area contributed by atoms with Crippen LogP contribution in [0.2, 0.25) is 0 Å². The summed E-state index contributed by atoms with van der Waals surface area (Å²) in [7, 11) is 0. The Hall–Kier alpha value is -2.66. The second-order valence-corrected chi connectivity index (χ2v) is 8.25. The highest BCUT2D eigenvalue weighted by atomic mass is 32.1. The van der Waals surface area contributed by atoms with Crippen molar-refractivity contribution in [3.8, 4) is 0 Å². The fourth-order valence-corrected chi connectivity index (χ4v) is 3.41. The maximum Gasteiger partial charge on any atom is 0.251 e. The molecule has 0 spiro atoms. The van der Waals surface area contributed by atoms with Crippen molar-refractivity contribution in [3.05, 3.63) is 81.4 Å². The number of amides is 1. The van der Waals surface area contributed by atoms with Crippen molar-refractivity contribution in [1.29, 1.82) is 0 Å². The zero-order chi connectivity index (χ0) is 18.7. The van der Waals surface area contributed by atoms with E-state index in [0.717, 1.165) is 4.88 Å². The molecular formula is C21H21NO3S. The zero-order valence-electron chi connectivity index (χ0n) is 15.0. The minimum absolute atomic E-state index is 0.0584. The molecule has 1 amide bonds. The summed E-state index contributed by atoms with van der Waals surface area (Å²) < 4.78 is 5.14. The van der Waals surface area contributed by atoms with Crippen LogP contribution in [0.15, 0.2) is 59.2 Å². The van der Waals surface area contributed by atoms with Gasteiger partial charge in [0.25, 0.3) is 5.91 Å². The number of carbonyl (C=O) groups excluding carboxylic acids is 2.